The third-order valence-corrected chi connectivity index (χ3v) is 5.36. The maximum Gasteiger partial charge on any atom is 0.241 e. The predicted molar refractivity (Wildman–Crippen MR) is 79.4 cm³/mol. The van der Waals surface area contributed by atoms with Gasteiger partial charge in [-0.25, -0.2) is 8.42 Å². The van der Waals surface area contributed by atoms with Gasteiger partial charge in [-0.3, -0.25) is 0 Å². The van der Waals surface area contributed by atoms with Gasteiger partial charge in [0.1, 0.15) is 5.54 Å². The third-order valence-electron chi connectivity index (χ3n) is 3.49. The largest absolute Gasteiger partial charge is 0.398 e. The summed E-state index contributed by atoms with van der Waals surface area (Å²) < 4.78 is 27.2. The number of nitrogens with one attached hydrogen (secondary N) is 1. The molecule has 1 aromatic carbocycles. The van der Waals surface area contributed by atoms with E-state index >= 15 is 0 Å². The molecule has 0 fully saturated rings. The summed E-state index contributed by atoms with van der Waals surface area (Å²) in [5.74, 6) is 0. The van der Waals surface area contributed by atoms with E-state index < -0.39 is 35.4 Å². The maximum atomic E-state index is 12.5. The highest BCUT2D eigenvalue weighted by molar-refractivity contribution is 7.89. The third kappa shape index (κ3) is 3.35. The lowest BCUT2D eigenvalue weighted by atomic mass is 10.1. The number of sulfonamides is 1. The van der Waals surface area contributed by atoms with Gasteiger partial charge in [-0.1, -0.05) is 6.07 Å². The molecular formula is C13H22N2O5S. The number of benzene rings is 1. The van der Waals surface area contributed by atoms with Crippen molar-refractivity contribution in [3.63, 3.8) is 0 Å². The normalized spacial score (nSPS) is 12.7. The first-order valence-corrected chi connectivity index (χ1v) is 7.85. The number of aliphatic hydroxyl groups is 3. The highest BCUT2D eigenvalue weighted by atomic mass is 32.2. The molecule has 0 bridgehead atoms. The van der Waals surface area contributed by atoms with Crippen LogP contribution in [0, 0.1) is 20.8 Å². The Labute approximate surface area is 124 Å². The minimum atomic E-state index is -4.06. The first-order valence-electron chi connectivity index (χ1n) is 6.37. The molecule has 0 aliphatic carbocycles. The summed E-state index contributed by atoms with van der Waals surface area (Å²) in [7, 11) is -4.06. The SMILES string of the molecule is Cc1cc(C)c(S(=O)(=O)NC(CO)(CO)CO)c(C)c1N. The molecule has 0 aromatic heterocycles. The van der Waals surface area contributed by atoms with Gasteiger partial charge in [0.25, 0.3) is 0 Å². The minimum Gasteiger partial charge on any atom is -0.398 e. The van der Waals surface area contributed by atoms with E-state index in [-0.39, 0.29) is 4.90 Å². The fourth-order valence-corrected chi connectivity index (χ4v) is 4.04. The molecule has 0 aliphatic heterocycles. The Bertz CT molecular complexity index is 616. The molecule has 0 spiro atoms. The van der Waals surface area contributed by atoms with Gasteiger partial charge < -0.3 is 21.1 Å². The summed E-state index contributed by atoms with van der Waals surface area (Å²) in [6.07, 6.45) is 0. The van der Waals surface area contributed by atoms with Crippen LogP contribution in [0.25, 0.3) is 0 Å². The van der Waals surface area contributed by atoms with Crippen LogP contribution < -0.4 is 10.5 Å². The molecule has 0 aliphatic rings. The number of nitrogen functional groups attached to an aromatic ring is 1. The lowest BCUT2D eigenvalue weighted by Gasteiger charge is -2.29. The van der Waals surface area contributed by atoms with Gasteiger partial charge in [0.05, 0.1) is 24.7 Å². The number of hydrogen-bond acceptors (Lipinski definition) is 6. The van der Waals surface area contributed by atoms with E-state index in [2.05, 4.69) is 4.72 Å². The van der Waals surface area contributed by atoms with E-state index in [9.17, 15) is 23.7 Å². The van der Waals surface area contributed by atoms with Crippen molar-refractivity contribution in [2.75, 3.05) is 25.6 Å². The van der Waals surface area contributed by atoms with Crippen LogP contribution in [0.15, 0.2) is 11.0 Å². The molecule has 6 N–H and O–H groups in total. The van der Waals surface area contributed by atoms with Crippen LogP contribution in [0.3, 0.4) is 0 Å². The molecule has 0 unspecified atom stereocenters. The molecule has 0 saturated carbocycles. The fraction of sp³-hybridized carbons (Fsp3) is 0.538. The summed E-state index contributed by atoms with van der Waals surface area (Å²) in [5, 5.41) is 27.8. The first kappa shape index (κ1) is 17.9. The van der Waals surface area contributed by atoms with Gasteiger partial charge >= 0.3 is 0 Å². The van der Waals surface area contributed by atoms with E-state index in [1.54, 1.807) is 26.8 Å². The zero-order valence-corrected chi connectivity index (χ0v) is 13.2. The van der Waals surface area contributed by atoms with Crippen LogP contribution in [0.1, 0.15) is 16.7 Å². The van der Waals surface area contributed by atoms with E-state index in [0.717, 1.165) is 5.56 Å². The zero-order valence-electron chi connectivity index (χ0n) is 12.3. The lowest BCUT2D eigenvalue weighted by Crippen LogP contribution is -2.57. The van der Waals surface area contributed by atoms with E-state index in [4.69, 9.17) is 5.73 Å². The average Bonchev–Trinajstić information content (AvgIpc) is 2.42. The highest BCUT2D eigenvalue weighted by Crippen LogP contribution is 2.28. The number of rotatable bonds is 6. The lowest BCUT2D eigenvalue weighted by molar-refractivity contribution is 0.0581. The van der Waals surface area contributed by atoms with Crippen LogP contribution in [0.2, 0.25) is 0 Å². The van der Waals surface area contributed by atoms with Gasteiger partial charge in [-0.05, 0) is 37.5 Å². The number of aliphatic hydroxyl groups excluding tert-OH is 3. The molecule has 0 atom stereocenters. The summed E-state index contributed by atoms with van der Waals surface area (Å²) in [5.41, 5.74) is 6.16. The van der Waals surface area contributed by atoms with Gasteiger partial charge in [0.2, 0.25) is 10.0 Å². The average molecular weight is 318 g/mol. The van der Waals surface area contributed by atoms with E-state index in [1.807, 2.05) is 0 Å². The molecule has 0 heterocycles. The number of aryl methyl sites for hydroxylation is 2. The first-order chi connectivity index (χ1) is 9.64. The molecular weight excluding hydrogens is 296 g/mol. The van der Waals surface area contributed by atoms with Crippen molar-refractivity contribution in [1.82, 2.24) is 4.72 Å². The highest BCUT2D eigenvalue weighted by Gasteiger charge is 2.35. The van der Waals surface area contributed by atoms with Crippen molar-refractivity contribution >= 4 is 15.7 Å². The van der Waals surface area contributed by atoms with E-state index in [1.165, 1.54) is 0 Å². The molecule has 21 heavy (non-hydrogen) atoms. The smallest absolute Gasteiger partial charge is 0.241 e. The standard InChI is InChI=1S/C13H22N2O5S/c1-8-4-9(2)12(10(3)11(8)14)21(19,20)15-13(5-16,6-17)7-18/h4,15-18H,5-7,14H2,1-3H3. The number of nitrogens with two attached hydrogens (primary N) is 1. The van der Waals surface area contributed by atoms with Gasteiger partial charge in [0.15, 0.2) is 0 Å². The Morgan fingerprint density at radius 3 is 2.00 bits per heavy atom. The second-order valence-corrected chi connectivity index (χ2v) is 6.86. The Balaban J connectivity index is 3.43. The van der Waals surface area contributed by atoms with Gasteiger partial charge in [0, 0.05) is 5.69 Å². The summed E-state index contributed by atoms with van der Waals surface area (Å²) in [6.45, 7) is 2.78. The summed E-state index contributed by atoms with van der Waals surface area (Å²) in [6, 6.07) is 1.65. The maximum absolute atomic E-state index is 12.5. The van der Waals surface area contributed by atoms with Crippen molar-refractivity contribution in [3.8, 4) is 0 Å². The Morgan fingerprint density at radius 1 is 1.10 bits per heavy atom. The molecule has 0 radical (unpaired) electrons. The molecule has 1 rings (SSSR count). The van der Waals surface area contributed by atoms with Crippen molar-refractivity contribution in [3.05, 3.63) is 22.8 Å². The van der Waals surface area contributed by atoms with Gasteiger partial charge in [-0.2, -0.15) is 4.72 Å². The number of anilines is 1. The predicted octanol–water partition coefficient (Wildman–Crippen LogP) is -0.812. The van der Waals surface area contributed by atoms with Crippen LogP contribution in [-0.2, 0) is 10.0 Å². The molecule has 120 valence electrons. The fourth-order valence-electron chi connectivity index (χ4n) is 2.18. The Kier molecular flexibility index (Phi) is 5.35. The van der Waals surface area contributed by atoms with Crippen molar-refractivity contribution in [1.29, 1.82) is 0 Å². The topological polar surface area (TPSA) is 133 Å². The molecule has 8 heteroatoms. The summed E-state index contributed by atoms with van der Waals surface area (Å²) in [4.78, 5) is -0.00896. The zero-order chi connectivity index (χ0) is 16.4. The van der Waals surface area contributed by atoms with Crippen LogP contribution in [-0.4, -0.2) is 49.1 Å². The molecule has 7 nitrogen and oxygen atoms in total. The van der Waals surface area contributed by atoms with Crippen molar-refractivity contribution in [2.45, 2.75) is 31.2 Å². The van der Waals surface area contributed by atoms with Crippen molar-refractivity contribution in [2.24, 2.45) is 0 Å². The van der Waals surface area contributed by atoms with Crippen LogP contribution >= 0.6 is 0 Å². The van der Waals surface area contributed by atoms with Crippen molar-refractivity contribution < 1.29 is 23.7 Å². The molecule has 0 saturated heterocycles. The number of hydrogen-bond donors (Lipinski definition) is 5. The summed E-state index contributed by atoms with van der Waals surface area (Å²) >= 11 is 0. The van der Waals surface area contributed by atoms with Gasteiger partial charge in [-0.15, -0.1) is 0 Å². The molecule has 1 aromatic rings. The second kappa shape index (κ2) is 6.29. The molecule has 0 amide bonds. The Morgan fingerprint density at radius 2 is 1.57 bits per heavy atom. The van der Waals surface area contributed by atoms with Crippen LogP contribution in [0.5, 0.6) is 0 Å². The minimum absolute atomic E-state index is 0.00896. The monoisotopic (exact) mass is 318 g/mol. The van der Waals surface area contributed by atoms with Crippen LogP contribution in [0.4, 0.5) is 5.69 Å². The Hall–Kier alpha value is -1.19. The quantitative estimate of drug-likeness (QED) is 0.436. The second-order valence-electron chi connectivity index (χ2n) is 5.24. The van der Waals surface area contributed by atoms with E-state index in [0.29, 0.717) is 16.8 Å².